The number of nitrogens with two attached hydrogens (primary N) is 1. The molecule has 12 aromatic rings. The third-order valence-corrected chi connectivity index (χ3v) is 15.5. The van der Waals surface area contributed by atoms with E-state index in [9.17, 15) is 38.4 Å². The molecule has 9 heterocycles. The summed E-state index contributed by atoms with van der Waals surface area (Å²) in [5.74, 6) is 4.30. The number of hydrogen-bond donors (Lipinski definition) is 4. The minimum absolute atomic E-state index is 0. The monoisotopic (exact) mass is 1610 g/mol. The first-order valence-corrected chi connectivity index (χ1v) is 32.4. The second-order valence-corrected chi connectivity index (χ2v) is 24.0. The van der Waals surface area contributed by atoms with Crippen LogP contribution in [0.2, 0.25) is 0 Å². The van der Waals surface area contributed by atoms with Gasteiger partial charge in [-0.25, -0.2) is 36.9 Å². The average Bonchev–Trinajstić information content (AvgIpc) is 0.862. The van der Waals surface area contributed by atoms with Crippen molar-refractivity contribution in [3.63, 3.8) is 0 Å². The average molecular weight is 1610 g/mol. The maximum Gasteiger partial charge on any atom is 0.345 e. The van der Waals surface area contributed by atoms with Gasteiger partial charge in [0.2, 0.25) is 0 Å². The molecule has 0 aliphatic carbocycles. The first-order chi connectivity index (χ1) is 46.7. The molecular weight excluding hydrogens is 1550 g/mol. The number of anilines is 1. The van der Waals surface area contributed by atoms with Crippen LogP contribution in [0.1, 0.15) is 113 Å². The van der Waals surface area contributed by atoms with E-state index >= 15 is 0 Å². The summed E-state index contributed by atoms with van der Waals surface area (Å²) in [6, 6.07) is 44.2. The summed E-state index contributed by atoms with van der Waals surface area (Å²) < 4.78 is 12.1. The van der Waals surface area contributed by atoms with Gasteiger partial charge in [0.1, 0.15) is 44.8 Å². The number of amides is 3. The van der Waals surface area contributed by atoms with Crippen LogP contribution in [-0.2, 0) is 63.5 Å². The Bertz CT molecular complexity index is 5140. The van der Waals surface area contributed by atoms with Gasteiger partial charge in [-0.05, 0) is 151 Å². The molecule has 0 spiro atoms. The normalized spacial score (nSPS) is 10.3. The zero-order chi connectivity index (χ0) is 69.5. The summed E-state index contributed by atoms with van der Waals surface area (Å²) in [5, 5.41) is 8.31. The number of fused-ring (bicyclic) bond motifs is 4. The van der Waals surface area contributed by atoms with Crippen molar-refractivity contribution in [1.29, 1.82) is 0 Å². The molecule has 3 aromatic carbocycles. The maximum absolute atomic E-state index is 12.6. The molecule has 3 amide bonds. The van der Waals surface area contributed by atoms with Crippen LogP contribution in [0.5, 0.6) is 0 Å². The fourth-order valence-electron chi connectivity index (χ4n) is 9.05. The van der Waals surface area contributed by atoms with Crippen LogP contribution in [0.25, 0.3) is 22.6 Å². The number of benzene rings is 3. The molecule has 22 nitrogen and oxygen atoms in total. The fourth-order valence-corrected chi connectivity index (χ4v) is 9.97. The largest absolute Gasteiger partial charge is 0.462 e. The van der Waals surface area contributed by atoms with Crippen molar-refractivity contribution in [1.82, 2.24) is 58.5 Å². The van der Waals surface area contributed by atoms with Gasteiger partial charge in [-0.3, -0.25) is 56.1 Å². The van der Waals surface area contributed by atoms with Crippen molar-refractivity contribution >= 4 is 97.3 Å². The molecule has 0 aliphatic rings. The van der Waals surface area contributed by atoms with Gasteiger partial charge >= 0.3 is 5.97 Å². The second kappa shape index (κ2) is 37.0. The summed E-state index contributed by atoms with van der Waals surface area (Å²) in [6.45, 7) is 12.8. The SMILES string of the molecule is CC#Cc1ccc2ncc(C(=O)NCc3ccc(C)cc3)c(=O)n2c1.CCCc1ccc2ncc(C(=O)NCc3ccc(C)cc3)c(=O)n2c1.CCOC(=O)c1cnc2ccc(I)cn2c1=O.Cc1ccc(CNC(=O)c2cnc3ccc(I)cn3c2=O)cc1.Nc1cc[c-]cn1.[Y]. The Balaban J connectivity index is 0.000000178. The number of carbonyl (C=O) groups excluding carboxylic acids is 4. The van der Waals surface area contributed by atoms with Crippen LogP contribution in [-0.4, -0.2) is 72.8 Å². The Morgan fingerprint density at radius 2 is 0.857 bits per heavy atom. The third kappa shape index (κ3) is 21.0. The second-order valence-electron chi connectivity index (χ2n) is 21.5. The minimum atomic E-state index is -0.640. The first kappa shape index (κ1) is 75.4. The Morgan fingerprint density at radius 1 is 0.490 bits per heavy atom. The Hall–Kier alpha value is -9.95. The first-order valence-electron chi connectivity index (χ1n) is 30.3. The number of ether oxygens (including phenoxy) is 1. The van der Waals surface area contributed by atoms with Gasteiger partial charge in [-0.1, -0.05) is 121 Å². The van der Waals surface area contributed by atoms with Crippen molar-refractivity contribution in [2.75, 3.05) is 12.3 Å². The molecule has 1 radical (unpaired) electrons. The Labute approximate surface area is 615 Å². The molecule has 0 unspecified atom stereocenters. The number of aryl methyl sites for hydroxylation is 4. The van der Waals surface area contributed by atoms with Gasteiger partial charge < -0.3 is 26.4 Å². The van der Waals surface area contributed by atoms with E-state index < -0.39 is 34.8 Å². The number of carbonyl (C=O) groups is 4. The van der Waals surface area contributed by atoms with Gasteiger partial charge in [0.25, 0.3) is 40.0 Å². The van der Waals surface area contributed by atoms with Crippen molar-refractivity contribution in [3.8, 4) is 11.8 Å². The zero-order valence-electron chi connectivity index (χ0n) is 54.3. The maximum atomic E-state index is 12.6. The topological polar surface area (TPSA) is 290 Å². The number of rotatable bonds is 13. The molecule has 0 fully saturated rings. The van der Waals surface area contributed by atoms with E-state index in [4.69, 9.17) is 10.5 Å². The van der Waals surface area contributed by atoms with Crippen molar-refractivity contribution in [2.45, 2.75) is 74.0 Å². The summed E-state index contributed by atoms with van der Waals surface area (Å²) in [5.41, 5.74) is 13.9. The van der Waals surface area contributed by atoms with Crippen molar-refractivity contribution in [2.24, 2.45) is 0 Å². The van der Waals surface area contributed by atoms with E-state index in [0.717, 1.165) is 58.9 Å². The van der Waals surface area contributed by atoms with Gasteiger partial charge in [0, 0.05) is 120 Å². The molecule has 0 atom stereocenters. The van der Waals surface area contributed by atoms with E-state index in [1.807, 2.05) is 112 Å². The van der Waals surface area contributed by atoms with E-state index in [-0.39, 0.29) is 72.7 Å². The van der Waals surface area contributed by atoms with Crippen LogP contribution in [0.3, 0.4) is 0 Å². The Morgan fingerprint density at radius 3 is 1.22 bits per heavy atom. The molecule has 25 heteroatoms. The number of aromatic nitrogens is 9. The van der Waals surface area contributed by atoms with Crippen LogP contribution in [0.15, 0.2) is 208 Å². The smallest absolute Gasteiger partial charge is 0.345 e. The Kier molecular flexibility index (Phi) is 28.5. The van der Waals surface area contributed by atoms with E-state index in [0.29, 0.717) is 53.6 Å². The van der Waals surface area contributed by atoms with Crippen molar-refractivity contribution in [3.05, 3.63) is 311 Å². The fraction of sp³-hybridized carbons (Fsp3) is 0.164. The number of nitrogens with zero attached hydrogens (tertiary/aromatic N) is 9. The molecule has 9 aromatic heterocycles. The van der Waals surface area contributed by atoms with Crippen LogP contribution >= 0.6 is 45.2 Å². The molecule has 0 aliphatic heterocycles. The molecule has 0 saturated carbocycles. The van der Waals surface area contributed by atoms with Crippen LogP contribution in [0, 0.1) is 45.8 Å². The molecule has 0 bridgehead atoms. The van der Waals surface area contributed by atoms with Gasteiger partial charge in [-0.15, -0.1) is 5.92 Å². The van der Waals surface area contributed by atoms with Crippen LogP contribution in [0.4, 0.5) is 5.82 Å². The summed E-state index contributed by atoms with van der Waals surface area (Å²) in [6.07, 6.45) is 15.3. The predicted octanol–water partition coefficient (Wildman–Crippen LogP) is 9.66. The van der Waals surface area contributed by atoms with E-state index in [1.54, 1.807) is 81.1 Å². The predicted molar refractivity (Wildman–Crippen MR) is 388 cm³/mol. The van der Waals surface area contributed by atoms with Gasteiger partial charge in [0.05, 0.1) is 6.61 Å². The number of hydrogen-bond acceptors (Lipinski definition) is 15. The molecule has 0 saturated heterocycles. The number of halogens is 2. The van der Waals surface area contributed by atoms with Crippen LogP contribution < -0.4 is 43.9 Å². The quantitative estimate of drug-likeness (QED) is 0.0362. The van der Waals surface area contributed by atoms with E-state index in [2.05, 4.69) is 111 Å². The van der Waals surface area contributed by atoms with Gasteiger partial charge in [-0.2, -0.15) is 6.07 Å². The minimum Gasteiger partial charge on any atom is -0.462 e. The molecule has 5 N–H and O–H groups in total. The number of esters is 1. The number of pyridine rings is 5. The summed E-state index contributed by atoms with van der Waals surface area (Å²) >= 11 is 4.20. The number of nitrogen functional groups attached to an aromatic ring is 1. The molecule has 98 heavy (non-hydrogen) atoms. The molecule has 12 rings (SSSR count). The summed E-state index contributed by atoms with van der Waals surface area (Å²) in [7, 11) is 0. The summed E-state index contributed by atoms with van der Waals surface area (Å²) in [4.78, 5) is 119. The number of nitrogens with one attached hydrogen (secondary N) is 3. The molecular formula is C73H66I2N13O9Y-. The zero-order valence-corrected chi connectivity index (χ0v) is 61.4. The van der Waals surface area contributed by atoms with Gasteiger partial charge in [0.15, 0.2) is 0 Å². The van der Waals surface area contributed by atoms with Crippen molar-refractivity contribution < 1.29 is 56.6 Å². The third-order valence-electron chi connectivity index (χ3n) is 14.2. The van der Waals surface area contributed by atoms with E-state index in [1.165, 1.54) is 48.6 Å². The molecule has 495 valence electrons. The standard InChI is InChI=1S/C20H21N3O2.C20H17N3O2.C17H14IN3O2.C11H9IN2O3.C5H5N2.Y/c2*1-3-4-16-9-10-18-21-12-17(20(25)23(18)13-16)19(24)22-11-15-7-5-14(2)6-8-15;1-11-2-4-12(5-3-11)8-20-16(22)14-9-19-15-7-6-13(18)10-21(15)17(14)23;1-2-17-11(16)8-5-13-9-4-3-7(12)6-14(9)10(8)15;6-5-3-1-2-4-7-5;/h5-10,12-13H,3-4,11H2,1-2H3,(H,22,24);5-10,12-13H,11H2,1-2H3,(H,22,24);2-7,9-10H,8H2,1H3,(H,20,22);3-6H,2H2,1H3;1,3-4H,(H2,6,7);/q;;;;-1;.